The lowest BCUT2D eigenvalue weighted by atomic mass is 10.3. The number of ether oxygens (including phenoxy) is 2. The van der Waals surface area contributed by atoms with E-state index in [0.29, 0.717) is 0 Å². The second-order valence-electron chi connectivity index (χ2n) is 4.61. The zero-order chi connectivity index (χ0) is 12.4. The van der Waals surface area contributed by atoms with Crippen molar-refractivity contribution in [2.45, 2.75) is 32.6 Å². The molecule has 0 saturated carbocycles. The molecule has 0 bridgehead atoms. The lowest BCUT2D eigenvalue weighted by Gasteiger charge is -2.23. The van der Waals surface area contributed by atoms with Crippen LogP contribution in [0.4, 0.5) is 0 Å². The van der Waals surface area contributed by atoms with E-state index in [2.05, 4.69) is 15.6 Å². The standard InChI is InChI=1S/C14H18N2O2/c1-11-15-12-5-2-3-6-13(12)16(11)8-7-14-17-9-4-10-18-14/h2-3,5-6,14H,4,7-10H2,1H3. The first kappa shape index (κ1) is 11.7. The fraction of sp³-hybridized carbons (Fsp3) is 0.500. The Labute approximate surface area is 107 Å². The molecule has 4 heteroatoms. The molecule has 4 nitrogen and oxygen atoms in total. The summed E-state index contributed by atoms with van der Waals surface area (Å²) in [6, 6.07) is 8.23. The smallest absolute Gasteiger partial charge is 0.159 e. The zero-order valence-corrected chi connectivity index (χ0v) is 10.6. The number of rotatable bonds is 3. The summed E-state index contributed by atoms with van der Waals surface area (Å²) in [4.78, 5) is 4.56. The number of para-hydroxylation sites is 2. The second-order valence-corrected chi connectivity index (χ2v) is 4.61. The Balaban J connectivity index is 1.75. The van der Waals surface area contributed by atoms with Gasteiger partial charge in [0.15, 0.2) is 6.29 Å². The van der Waals surface area contributed by atoms with E-state index >= 15 is 0 Å². The van der Waals surface area contributed by atoms with Crippen LogP contribution in [0, 0.1) is 6.92 Å². The van der Waals surface area contributed by atoms with Crippen LogP contribution in [0.1, 0.15) is 18.7 Å². The van der Waals surface area contributed by atoms with Crippen LogP contribution in [0.3, 0.4) is 0 Å². The molecule has 1 aromatic carbocycles. The molecule has 0 amide bonds. The highest BCUT2D eigenvalue weighted by molar-refractivity contribution is 5.75. The molecule has 0 atom stereocenters. The van der Waals surface area contributed by atoms with Gasteiger partial charge in [0.2, 0.25) is 0 Å². The van der Waals surface area contributed by atoms with Gasteiger partial charge in [-0.3, -0.25) is 0 Å². The molecule has 0 unspecified atom stereocenters. The lowest BCUT2D eigenvalue weighted by Crippen LogP contribution is -2.26. The Kier molecular flexibility index (Phi) is 3.30. The summed E-state index contributed by atoms with van der Waals surface area (Å²) in [5.74, 6) is 1.05. The van der Waals surface area contributed by atoms with Gasteiger partial charge < -0.3 is 14.0 Å². The summed E-state index contributed by atoms with van der Waals surface area (Å²) < 4.78 is 13.4. The summed E-state index contributed by atoms with van der Waals surface area (Å²) in [5, 5.41) is 0. The Hall–Kier alpha value is -1.39. The molecule has 1 aromatic heterocycles. The van der Waals surface area contributed by atoms with Crippen molar-refractivity contribution in [1.82, 2.24) is 9.55 Å². The minimum atomic E-state index is -0.0562. The first-order valence-corrected chi connectivity index (χ1v) is 6.50. The van der Waals surface area contributed by atoms with Gasteiger partial charge in [-0.25, -0.2) is 4.98 Å². The van der Waals surface area contributed by atoms with Gasteiger partial charge in [-0.15, -0.1) is 0 Å². The van der Waals surface area contributed by atoms with Gasteiger partial charge in [-0.05, 0) is 25.5 Å². The molecule has 96 valence electrons. The van der Waals surface area contributed by atoms with Crippen LogP contribution in [0.25, 0.3) is 11.0 Å². The van der Waals surface area contributed by atoms with Crippen molar-refractivity contribution in [1.29, 1.82) is 0 Å². The molecule has 1 fully saturated rings. The van der Waals surface area contributed by atoms with Crippen LogP contribution in [0.15, 0.2) is 24.3 Å². The number of fused-ring (bicyclic) bond motifs is 1. The van der Waals surface area contributed by atoms with Gasteiger partial charge in [0.1, 0.15) is 5.82 Å². The van der Waals surface area contributed by atoms with Crippen molar-refractivity contribution in [3.63, 3.8) is 0 Å². The largest absolute Gasteiger partial charge is 0.353 e. The average Bonchev–Trinajstić information content (AvgIpc) is 2.73. The highest BCUT2D eigenvalue weighted by atomic mass is 16.7. The molecule has 0 N–H and O–H groups in total. The molecule has 1 aliphatic heterocycles. The van der Waals surface area contributed by atoms with Crippen molar-refractivity contribution in [2.24, 2.45) is 0 Å². The topological polar surface area (TPSA) is 36.3 Å². The fourth-order valence-electron chi connectivity index (χ4n) is 2.42. The Morgan fingerprint density at radius 3 is 2.89 bits per heavy atom. The van der Waals surface area contributed by atoms with Gasteiger partial charge in [0, 0.05) is 13.0 Å². The molecule has 1 aliphatic rings. The number of hydrogen-bond donors (Lipinski definition) is 0. The number of aromatic nitrogens is 2. The molecule has 0 aliphatic carbocycles. The number of imidazole rings is 1. The Morgan fingerprint density at radius 2 is 2.06 bits per heavy atom. The average molecular weight is 246 g/mol. The van der Waals surface area contributed by atoms with Crippen LogP contribution >= 0.6 is 0 Å². The summed E-state index contributed by atoms with van der Waals surface area (Å²) in [7, 11) is 0. The van der Waals surface area contributed by atoms with Crippen molar-refractivity contribution >= 4 is 11.0 Å². The van der Waals surface area contributed by atoms with Crippen molar-refractivity contribution in [2.75, 3.05) is 13.2 Å². The van der Waals surface area contributed by atoms with Crippen LogP contribution in [-0.4, -0.2) is 29.1 Å². The quantitative estimate of drug-likeness (QED) is 0.834. The van der Waals surface area contributed by atoms with E-state index in [-0.39, 0.29) is 6.29 Å². The Bertz CT molecular complexity index is 530. The molecular weight excluding hydrogens is 228 g/mol. The summed E-state index contributed by atoms with van der Waals surface area (Å²) in [5.41, 5.74) is 2.24. The van der Waals surface area contributed by atoms with E-state index in [1.54, 1.807) is 0 Å². The van der Waals surface area contributed by atoms with Gasteiger partial charge >= 0.3 is 0 Å². The van der Waals surface area contributed by atoms with Crippen LogP contribution < -0.4 is 0 Å². The third-order valence-corrected chi connectivity index (χ3v) is 3.33. The molecular formula is C14H18N2O2. The third-order valence-electron chi connectivity index (χ3n) is 3.33. The summed E-state index contributed by atoms with van der Waals surface area (Å²) in [6.45, 7) is 4.56. The van der Waals surface area contributed by atoms with Crippen LogP contribution in [0.2, 0.25) is 0 Å². The van der Waals surface area contributed by atoms with E-state index in [0.717, 1.165) is 43.9 Å². The third kappa shape index (κ3) is 2.26. The molecule has 3 rings (SSSR count). The highest BCUT2D eigenvalue weighted by Gasteiger charge is 2.15. The van der Waals surface area contributed by atoms with Crippen LogP contribution in [0.5, 0.6) is 0 Å². The highest BCUT2D eigenvalue weighted by Crippen LogP contribution is 2.17. The second kappa shape index (κ2) is 5.08. The molecule has 18 heavy (non-hydrogen) atoms. The number of hydrogen-bond acceptors (Lipinski definition) is 3. The van der Waals surface area contributed by atoms with E-state index in [1.807, 2.05) is 25.1 Å². The SMILES string of the molecule is Cc1nc2ccccc2n1CCC1OCCCO1. The molecule has 1 saturated heterocycles. The number of benzene rings is 1. The molecule has 2 aromatic rings. The van der Waals surface area contributed by atoms with E-state index in [1.165, 1.54) is 5.52 Å². The molecule has 2 heterocycles. The van der Waals surface area contributed by atoms with E-state index in [9.17, 15) is 0 Å². The molecule has 0 radical (unpaired) electrons. The first-order valence-electron chi connectivity index (χ1n) is 6.50. The van der Waals surface area contributed by atoms with Gasteiger partial charge in [0.25, 0.3) is 0 Å². The number of aryl methyl sites for hydroxylation is 2. The summed E-state index contributed by atoms with van der Waals surface area (Å²) >= 11 is 0. The van der Waals surface area contributed by atoms with Gasteiger partial charge in [-0.1, -0.05) is 12.1 Å². The Morgan fingerprint density at radius 1 is 1.28 bits per heavy atom. The van der Waals surface area contributed by atoms with Gasteiger partial charge in [-0.2, -0.15) is 0 Å². The predicted octanol–water partition coefficient (Wildman–Crippen LogP) is 2.50. The van der Waals surface area contributed by atoms with E-state index < -0.39 is 0 Å². The van der Waals surface area contributed by atoms with Crippen LogP contribution in [-0.2, 0) is 16.0 Å². The van der Waals surface area contributed by atoms with E-state index in [4.69, 9.17) is 9.47 Å². The monoisotopic (exact) mass is 246 g/mol. The maximum Gasteiger partial charge on any atom is 0.159 e. The number of nitrogens with zero attached hydrogens (tertiary/aromatic N) is 2. The maximum absolute atomic E-state index is 5.57. The predicted molar refractivity (Wildman–Crippen MR) is 69.4 cm³/mol. The molecule has 0 spiro atoms. The summed E-state index contributed by atoms with van der Waals surface area (Å²) in [6.07, 6.45) is 1.82. The fourth-order valence-corrected chi connectivity index (χ4v) is 2.42. The lowest BCUT2D eigenvalue weighted by molar-refractivity contribution is -0.182. The van der Waals surface area contributed by atoms with Crippen molar-refractivity contribution in [3.8, 4) is 0 Å². The minimum absolute atomic E-state index is 0.0562. The first-order chi connectivity index (χ1) is 8.84. The van der Waals surface area contributed by atoms with Crippen molar-refractivity contribution < 1.29 is 9.47 Å². The maximum atomic E-state index is 5.57. The normalized spacial score (nSPS) is 17.4. The van der Waals surface area contributed by atoms with Crippen molar-refractivity contribution in [3.05, 3.63) is 30.1 Å². The zero-order valence-electron chi connectivity index (χ0n) is 10.6. The minimum Gasteiger partial charge on any atom is -0.353 e. The van der Waals surface area contributed by atoms with Gasteiger partial charge in [0.05, 0.1) is 24.2 Å².